The van der Waals surface area contributed by atoms with Crippen LogP contribution < -0.4 is 0 Å². The Morgan fingerprint density at radius 3 is 0.714 bits per heavy atom. The van der Waals surface area contributed by atoms with Gasteiger partial charge in [0.25, 0.3) is 0 Å². The molecule has 84 heavy (non-hydrogen) atoms. The zero-order chi connectivity index (χ0) is 62.5. The number of rotatable bonds is 16. The van der Waals surface area contributed by atoms with Gasteiger partial charge in [-0.1, -0.05) is 27.7 Å². The molecule has 4 fully saturated rings. The molecule has 4 N–H and O–H groups in total. The first-order valence-corrected chi connectivity index (χ1v) is 35.9. The van der Waals surface area contributed by atoms with Gasteiger partial charge >= 0.3 is 23.9 Å². The van der Waals surface area contributed by atoms with Gasteiger partial charge in [-0.2, -0.15) is 0 Å². The molecule has 0 amide bonds. The molecular weight excluding hydrogens is 1420 g/mol. The Morgan fingerprint density at radius 2 is 0.583 bits per heavy atom. The summed E-state index contributed by atoms with van der Waals surface area (Å²) in [6.07, 6.45) is 16.5. The molecule has 4 heterocycles. The lowest BCUT2D eigenvalue weighted by molar-refractivity contribution is -0.153. The first kappa shape index (κ1) is 72.9. The smallest absolute Gasteiger partial charge is 0.309 e. The second-order valence-electron chi connectivity index (χ2n) is 23.9. The number of carbonyl (C=O) groups excluding carboxylic acids is 4. The number of carbonyl (C=O) groups is 4. The van der Waals surface area contributed by atoms with Crippen molar-refractivity contribution < 1.29 is 58.6 Å². The maximum Gasteiger partial charge on any atom is 0.309 e. The van der Waals surface area contributed by atoms with Gasteiger partial charge in [0.15, 0.2) is 0 Å². The van der Waals surface area contributed by atoms with Crippen molar-refractivity contribution in [1.29, 1.82) is 0 Å². The Morgan fingerprint density at radius 1 is 0.405 bits per heavy atom. The first-order chi connectivity index (χ1) is 39.4. The monoisotopic (exact) mass is 1500 g/mol. The van der Waals surface area contributed by atoms with E-state index in [-0.39, 0.29) is 94.9 Å². The minimum atomic E-state index is -0.940. The van der Waals surface area contributed by atoms with E-state index in [0.717, 1.165) is 112 Å². The molecule has 4 aliphatic rings. The van der Waals surface area contributed by atoms with Crippen LogP contribution in [0.3, 0.4) is 0 Å². The van der Waals surface area contributed by atoms with E-state index in [4.69, 9.17) is 18.9 Å². The lowest BCUT2D eigenvalue weighted by Crippen LogP contribution is -2.39. The number of hydrogen-bond acceptors (Lipinski definition) is 20. The lowest BCUT2D eigenvalue weighted by atomic mass is 9.69. The molecular formula is C60H88Br4N4O12S4. The van der Waals surface area contributed by atoms with Crippen molar-refractivity contribution in [2.45, 2.75) is 183 Å². The van der Waals surface area contributed by atoms with Crippen LogP contribution in [0.4, 0.5) is 0 Å². The van der Waals surface area contributed by atoms with Crippen LogP contribution in [0.1, 0.15) is 180 Å². The summed E-state index contributed by atoms with van der Waals surface area (Å²) < 4.78 is 24.3. The SMILES string of the molecule is CCOC(=O)[C@@H]1CC[C@@H]([C@@](C)(O)c2ncc(Br)s2)C[C@@H]1C.CCOC(=O)[C@@H]1CC[C@@H]([C@](C)(O)c2ncc(Br)s2)C[C@@H]1C.CCOC(=O)[C@H]1CC[C@H]([C@@](C)(O)c2ncc(Br)s2)C[C@H]1C.CCOC(=O)[C@H]1CC[C@H]([C@](C)(O)c2ncc(Br)s2)C[C@H]1C. The summed E-state index contributed by atoms with van der Waals surface area (Å²) >= 11 is 19.4. The highest BCUT2D eigenvalue weighted by molar-refractivity contribution is 9.11. The molecule has 0 aromatic carbocycles. The fraction of sp³-hybridized carbons (Fsp3) is 0.733. The van der Waals surface area contributed by atoms with Crippen LogP contribution in [0.25, 0.3) is 0 Å². The number of aromatic nitrogens is 4. The van der Waals surface area contributed by atoms with E-state index in [1.54, 1.807) is 24.8 Å². The third kappa shape index (κ3) is 19.1. The number of hydrogen-bond donors (Lipinski definition) is 4. The maximum absolute atomic E-state index is 11.9. The summed E-state index contributed by atoms with van der Waals surface area (Å²) in [6.45, 7) is 24.7. The highest BCUT2D eigenvalue weighted by atomic mass is 79.9. The van der Waals surface area contributed by atoms with Gasteiger partial charge in [-0.15, -0.1) is 45.3 Å². The molecule has 0 unspecified atom stereocenters. The second kappa shape index (κ2) is 32.8. The number of thiazole rings is 4. The molecule has 0 spiro atoms. The van der Waals surface area contributed by atoms with Crippen LogP contribution >= 0.6 is 109 Å². The molecule has 8 rings (SSSR count). The molecule has 16 atom stereocenters. The summed E-state index contributed by atoms with van der Waals surface area (Å²) in [6, 6.07) is 0. The second-order valence-corrected chi connectivity index (χ2v) is 33.5. The summed E-state index contributed by atoms with van der Waals surface area (Å²) in [7, 11) is 0. The Kier molecular flexibility index (Phi) is 28.4. The quantitative estimate of drug-likeness (QED) is 0.0603. The van der Waals surface area contributed by atoms with Gasteiger partial charge in [-0.25, -0.2) is 19.9 Å². The molecule has 4 aliphatic carbocycles. The molecule has 472 valence electrons. The van der Waals surface area contributed by atoms with Gasteiger partial charge in [-0.3, -0.25) is 19.2 Å². The number of esters is 4. The normalized spacial score (nSPS) is 28.9. The van der Waals surface area contributed by atoms with Gasteiger partial charge in [0.2, 0.25) is 0 Å². The van der Waals surface area contributed by atoms with Crippen LogP contribution in [0, 0.1) is 71.0 Å². The summed E-state index contributed by atoms with van der Waals surface area (Å²) in [5.41, 5.74) is -3.76. The maximum atomic E-state index is 11.9. The van der Waals surface area contributed by atoms with Gasteiger partial charge in [0.05, 0.1) is 90.0 Å². The molecule has 0 bridgehead atoms. The predicted octanol–water partition coefficient (Wildman–Crippen LogP) is 14.9. The van der Waals surface area contributed by atoms with E-state index in [9.17, 15) is 39.6 Å². The summed E-state index contributed by atoms with van der Waals surface area (Å²) in [4.78, 5) is 65.0. The van der Waals surface area contributed by atoms with Gasteiger partial charge in [0.1, 0.15) is 42.4 Å². The molecule has 4 aromatic heterocycles. The van der Waals surface area contributed by atoms with Gasteiger partial charge in [-0.05, 0) is 244 Å². The average molecular weight is 1510 g/mol. The fourth-order valence-electron chi connectivity index (χ4n) is 12.7. The minimum absolute atomic E-state index is 0.0416. The highest BCUT2D eigenvalue weighted by Gasteiger charge is 2.47. The predicted molar refractivity (Wildman–Crippen MR) is 344 cm³/mol. The van der Waals surface area contributed by atoms with E-state index < -0.39 is 22.4 Å². The van der Waals surface area contributed by atoms with Crippen molar-refractivity contribution in [2.24, 2.45) is 71.0 Å². The lowest BCUT2D eigenvalue weighted by Gasteiger charge is -2.39. The van der Waals surface area contributed by atoms with Crippen molar-refractivity contribution in [3.05, 3.63) is 60.0 Å². The largest absolute Gasteiger partial charge is 0.466 e. The molecule has 4 saturated carbocycles. The standard InChI is InChI=1S/4C15H22BrNO3S/c4*1-4-20-13(18)11-6-5-10(7-9(11)2)15(3,19)14-17-8-12(16)21-14/h4*8-11,19H,4-7H2,1-3H3/t2*9-,10+,11+,15+;2*9-,10+,11+,15-/m1010/s1. The Bertz CT molecular complexity index is 2370. The third-order valence-corrected chi connectivity index (χ3v) is 24.7. The van der Waals surface area contributed by atoms with Crippen molar-refractivity contribution in [2.75, 3.05) is 26.4 Å². The Hall–Kier alpha value is -1.84. The number of nitrogens with zero attached hydrogens (tertiary/aromatic N) is 4. The molecule has 0 saturated heterocycles. The Balaban J connectivity index is 0.000000205. The van der Waals surface area contributed by atoms with E-state index in [2.05, 4.69) is 111 Å². The molecule has 0 aliphatic heterocycles. The van der Waals surface area contributed by atoms with E-state index in [1.165, 1.54) is 45.3 Å². The summed E-state index contributed by atoms with van der Waals surface area (Å²) in [5, 5.41) is 46.5. The van der Waals surface area contributed by atoms with Gasteiger partial charge < -0.3 is 39.4 Å². The number of aliphatic hydroxyl groups is 4. The van der Waals surface area contributed by atoms with Crippen LogP contribution in [0.5, 0.6) is 0 Å². The van der Waals surface area contributed by atoms with Crippen LogP contribution in [-0.4, -0.2) is 90.7 Å². The van der Waals surface area contributed by atoms with Gasteiger partial charge in [0, 0.05) is 0 Å². The topological polar surface area (TPSA) is 238 Å². The van der Waals surface area contributed by atoms with Crippen LogP contribution in [0.2, 0.25) is 0 Å². The third-order valence-electron chi connectivity index (χ3n) is 17.9. The highest BCUT2D eigenvalue weighted by Crippen LogP contribution is 2.49. The molecule has 4 aromatic rings. The van der Waals surface area contributed by atoms with Crippen molar-refractivity contribution >= 4 is 133 Å². The number of halogens is 4. The van der Waals surface area contributed by atoms with E-state index in [0.29, 0.717) is 26.4 Å². The van der Waals surface area contributed by atoms with Crippen molar-refractivity contribution in [3.63, 3.8) is 0 Å². The molecule has 0 radical (unpaired) electrons. The minimum Gasteiger partial charge on any atom is -0.466 e. The van der Waals surface area contributed by atoms with E-state index in [1.807, 2.05) is 55.4 Å². The number of ether oxygens (including phenoxy) is 4. The molecule has 24 heteroatoms. The van der Waals surface area contributed by atoms with Crippen LogP contribution in [-0.2, 0) is 60.5 Å². The Labute approximate surface area is 546 Å². The zero-order valence-corrected chi connectivity index (χ0v) is 60.1. The van der Waals surface area contributed by atoms with E-state index >= 15 is 0 Å². The van der Waals surface area contributed by atoms with Crippen LogP contribution in [0.15, 0.2) is 39.9 Å². The zero-order valence-electron chi connectivity index (χ0n) is 50.5. The van der Waals surface area contributed by atoms with Crippen molar-refractivity contribution in [3.8, 4) is 0 Å². The summed E-state index contributed by atoms with van der Waals surface area (Å²) in [5.74, 6) is 0.811. The first-order valence-electron chi connectivity index (χ1n) is 29.5. The van der Waals surface area contributed by atoms with Crippen molar-refractivity contribution in [1.82, 2.24) is 19.9 Å². The molecule has 16 nitrogen and oxygen atoms in total. The average Bonchev–Trinajstić information content (AvgIpc) is 4.28. The fourth-order valence-corrected chi connectivity index (χ4v) is 18.0.